The number of ether oxygens (including phenoxy) is 1. The molecule has 8 nitrogen and oxygen atoms in total. The average molecular weight is 392 g/mol. The van der Waals surface area contributed by atoms with Crippen LogP contribution in [0.25, 0.3) is 0 Å². The van der Waals surface area contributed by atoms with E-state index in [1.54, 1.807) is 48.4 Å². The molecule has 0 spiro atoms. The number of carbonyl (C=O) groups is 2. The molecule has 0 fully saturated rings. The molecule has 1 unspecified atom stereocenters. The number of carbonyl (C=O) groups excluding carboxylic acids is 2. The maximum absolute atomic E-state index is 12.8. The van der Waals surface area contributed by atoms with E-state index in [9.17, 15) is 9.59 Å². The van der Waals surface area contributed by atoms with Crippen molar-refractivity contribution in [3.63, 3.8) is 0 Å². The van der Waals surface area contributed by atoms with Crippen LogP contribution in [0.15, 0.2) is 47.2 Å². The van der Waals surface area contributed by atoms with Gasteiger partial charge in [0, 0.05) is 23.6 Å². The van der Waals surface area contributed by atoms with Crippen LogP contribution in [-0.4, -0.2) is 28.1 Å². The Labute approximate surface area is 167 Å². The molecular formula is C21H20N4O4. The first-order valence-corrected chi connectivity index (χ1v) is 9.19. The van der Waals surface area contributed by atoms with E-state index < -0.39 is 6.10 Å². The molecule has 1 aliphatic heterocycles. The number of nitrogens with zero attached hydrogens (tertiary/aromatic N) is 3. The third-order valence-electron chi connectivity index (χ3n) is 4.85. The lowest BCUT2D eigenvalue weighted by atomic mass is 10.1. The summed E-state index contributed by atoms with van der Waals surface area (Å²) in [5.41, 5.74) is 3.16. The molecule has 0 bridgehead atoms. The minimum absolute atomic E-state index is 0.173. The largest absolute Gasteiger partial charge is 0.479 e. The topological polar surface area (TPSA) is 97.6 Å². The summed E-state index contributed by atoms with van der Waals surface area (Å²) < 4.78 is 11.0. The molecule has 8 heteroatoms. The van der Waals surface area contributed by atoms with Gasteiger partial charge in [0.25, 0.3) is 11.8 Å². The summed E-state index contributed by atoms with van der Waals surface area (Å²) in [6, 6.07) is 8.59. The standard InChI is InChI=1S/C21H20N4O4/c1-12-17(13(2)29-24-12)11-25-18-9-16(6-7-19(18)28-14(3)21(25)27)23-20(26)15-5-4-8-22-10-15/h4-10,14H,11H2,1-3H3,(H,23,26). The quantitative estimate of drug-likeness (QED) is 0.732. The second kappa shape index (κ2) is 7.38. The lowest BCUT2D eigenvalue weighted by molar-refractivity contribution is -0.125. The Balaban J connectivity index is 1.66. The molecule has 1 aromatic carbocycles. The van der Waals surface area contributed by atoms with Crippen molar-refractivity contribution in [2.24, 2.45) is 0 Å². The van der Waals surface area contributed by atoms with Gasteiger partial charge in [-0.25, -0.2) is 0 Å². The lowest BCUT2D eigenvalue weighted by Gasteiger charge is -2.33. The summed E-state index contributed by atoms with van der Waals surface area (Å²) in [4.78, 5) is 30.9. The van der Waals surface area contributed by atoms with Crippen molar-refractivity contribution >= 4 is 23.2 Å². The Morgan fingerprint density at radius 1 is 1.28 bits per heavy atom. The van der Waals surface area contributed by atoms with Gasteiger partial charge in [-0.2, -0.15) is 0 Å². The predicted molar refractivity (Wildman–Crippen MR) is 106 cm³/mol. The SMILES string of the molecule is Cc1noc(C)c1CN1C(=O)C(C)Oc2ccc(NC(=O)c3cccnc3)cc21. The van der Waals surface area contributed by atoms with Crippen LogP contribution in [0.5, 0.6) is 5.75 Å². The number of fused-ring (bicyclic) bond motifs is 1. The molecule has 29 heavy (non-hydrogen) atoms. The fraction of sp³-hybridized carbons (Fsp3) is 0.238. The Morgan fingerprint density at radius 3 is 2.79 bits per heavy atom. The molecule has 2 amide bonds. The number of nitrogens with one attached hydrogen (secondary N) is 1. The Hall–Kier alpha value is -3.68. The zero-order chi connectivity index (χ0) is 20.5. The fourth-order valence-electron chi connectivity index (χ4n) is 3.23. The molecule has 2 aromatic heterocycles. The van der Waals surface area contributed by atoms with E-state index in [1.807, 2.05) is 13.8 Å². The van der Waals surface area contributed by atoms with E-state index in [-0.39, 0.29) is 11.8 Å². The Morgan fingerprint density at radius 2 is 2.10 bits per heavy atom. The van der Waals surface area contributed by atoms with Crippen molar-refractivity contribution in [1.29, 1.82) is 0 Å². The van der Waals surface area contributed by atoms with Gasteiger partial charge in [0.2, 0.25) is 0 Å². The maximum Gasteiger partial charge on any atom is 0.268 e. The summed E-state index contributed by atoms with van der Waals surface area (Å²) in [6.07, 6.45) is 2.48. The Bertz CT molecular complexity index is 1060. The highest BCUT2D eigenvalue weighted by atomic mass is 16.5. The minimum atomic E-state index is -0.612. The first kappa shape index (κ1) is 18.7. The summed E-state index contributed by atoms with van der Waals surface area (Å²) >= 11 is 0. The van der Waals surface area contributed by atoms with Crippen LogP contribution in [0.2, 0.25) is 0 Å². The third-order valence-corrected chi connectivity index (χ3v) is 4.85. The smallest absolute Gasteiger partial charge is 0.268 e. The highest BCUT2D eigenvalue weighted by Crippen LogP contribution is 2.37. The molecule has 0 saturated carbocycles. The van der Waals surface area contributed by atoms with Gasteiger partial charge in [-0.15, -0.1) is 0 Å². The van der Waals surface area contributed by atoms with Crippen LogP contribution in [0.1, 0.15) is 34.3 Å². The highest BCUT2D eigenvalue weighted by molar-refractivity contribution is 6.05. The van der Waals surface area contributed by atoms with Crippen molar-refractivity contribution in [2.45, 2.75) is 33.4 Å². The first-order chi connectivity index (χ1) is 13.9. The number of amides is 2. The lowest BCUT2D eigenvalue weighted by Crippen LogP contribution is -2.44. The number of benzene rings is 1. The van der Waals surface area contributed by atoms with Crippen LogP contribution in [0, 0.1) is 13.8 Å². The average Bonchev–Trinajstić information content (AvgIpc) is 3.04. The van der Waals surface area contributed by atoms with Crippen LogP contribution >= 0.6 is 0 Å². The maximum atomic E-state index is 12.8. The van der Waals surface area contributed by atoms with Crippen LogP contribution in [0.3, 0.4) is 0 Å². The van der Waals surface area contributed by atoms with Crippen molar-refractivity contribution in [3.8, 4) is 5.75 Å². The highest BCUT2D eigenvalue weighted by Gasteiger charge is 2.33. The number of hydrogen-bond acceptors (Lipinski definition) is 6. The fourth-order valence-corrected chi connectivity index (χ4v) is 3.23. The van der Waals surface area contributed by atoms with E-state index in [1.165, 1.54) is 6.20 Å². The van der Waals surface area contributed by atoms with E-state index in [0.717, 1.165) is 11.3 Å². The molecule has 148 valence electrons. The van der Waals surface area contributed by atoms with Crippen LogP contribution in [-0.2, 0) is 11.3 Å². The molecule has 0 saturated heterocycles. The van der Waals surface area contributed by atoms with Crippen molar-refractivity contribution in [2.75, 3.05) is 10.2 Å². The zero-order valence-corrected chi connectivity index (χ0v) is 16.3. The summed E-state index contributed by atoms with van der Waals surface area (Å²) in [5.74, 6) is 0.778. The van der Waals surface area contributed by atoms with Gasteiger partial charge in [0.15, 0.2) is 6.10 Å². The number of rotatable bonds is 4. The summed E-state index contributed by atoms with van der Waals surface area (Å²) in [6.45, 7) is 5.67. The molecule has 4 rings (SSSR count). The molecule has 3 aromatic rings. The normalized spacial score (nSPS) is 15.6. The monoisotopic (exact) mass is 392 g/mol. The van der Waals surface area contributed by atoms with Crippen molar-refractivity contribution in [3.05, 3.63) is 65.3 Å². The number of pyridine rings is 1. The van der Waals surface area contributed by atoms with Gasteiger partial charge in [0.1, 0.15) is 11.5 Å². The predicted octanol–water partition coefficient (Wildman–Crippen LogP) is 3.25. The number of aromatic nitrogens is 2. The molecule has 1 aliphatic rings. The van der Waals surface area contributed by atoms with Gasteiger partial charge >= 0.3 is 0 Å². The van der Waals surface area contributed by atoms with Gasteiger partial charge in [0.05, 0.1) is 23.5 Å². The van der Waals surface area contributed by atoms with Crippen LogP contribution in [0.4, 0.5) is 11.4 Å². The van der Waals surface area contributed by atoms with Gasteiger partial charge in [-0.1, -0.05) is 5.16 Å². The van der Waals surface area contributed by atoms with E-state index in [4.69, 9.17) is 9.26 Å². The van der Waals surface area contributed by atoms with E-state index >= 15 is 0 Å². The molecule has 1 N–H and O–H groups in total. The molecular weight excluding hydrogens is 372 g/mol. The first-order valence-electron chi connectivity index (χ1n) is 9.19. The van der Waals surface area contributed by atoms with Crippen LogP contribution < -0.4 is 15.0 Å². The van der Waals surface area contributed by atoms with Gasteiger partial charge in [-0.3, -0.25) is 14.6 Å². The van der Waals surface area contributed by atoms with Gasteiger partial charge in [-0.05, 0) is 51.1 Å². The number of hydrogen-bond donors (Lipinski definition) is 1. The summed E-state index contributed by atoms with van der Waals surface area (Å²) in [5, 5.41) is 6.80. The van der Waals surface area contributed by atoms with Gasteiger partial charge < -0.3 is 19.5 Å². The minimum Gasteiger partial charge on any atom is -0.479 e. The zero-order valence-electron chi connectivity index (χ0n) is 16.3. The van der Waals surface area contributed by atoms with E-state index in [0.29, 0.717) is 35.0 Å². The van der Waals surface area contributed by atoms with E-state index in [2.05, 4.69) is 15.5 Å². The third kappa shape index (κ3) is 3.56. The summed E-state index contributed by atoms with van der Waals surface area (Å²) in [7, 11) is 0. The Kier molecular flexibility index (Phi) is 4.75. The molecule has 0 aliphatic carbocycles. The second-order valence-corrected chi connectivity index (χ2v) is 6.87. The number of anilines is 2. The molecule has 1 atom stereocenters. The second-order valence-electron chi connectivity index (χ2n) is 6.87. The van der Waals surface area contributed by atoms with Crippen molar-refractivity contribution < 1.29 is 18.8 Å². The van der Waals surface area contributed by atoms with Crippen molar-refractivity contribution in [1.82, 2.24) is 10.1 Å². The molecule has 0 radical (unpaired) electrons. The number of aryl methyl sites for hydroxylation is 2. The molecule has 3 heterocycles.